The van der Waals surface area contributed by atoms with Crippen molar-refractivity contribution >= 4 is 5.91 Å². The van der Waals surface area contributed by atoms with Crippen LogP contribution in [-0.4, -0.2) is 59.6 Å². The largest absolute Gasteiger partial charge is 0.378 e. The first-order valence-corrected chi connectivity index (χ1v) is 8.11. The van der Waals surface area contributed by atoms with E-state index >= 15 is 0 Å². The Labute approximate surface area is 133 Å². The highest BCUT2D eigenvalue weighted by Gasteiger charge is 2.24. The summed E-state index contributed by atoms with van der Waals surface area (Å²) in [4.78, 5) is 20.7. The normalized spacial score (nSPS) is 17.7. The molecule has 2 rings (SSSR count). The van der Waals surface area contributed by atoms with Gasteiger partial charge in [0.1, 0.15) is 0 Å². The fraction of sp³-hybridized carbons (Fsp3) is 0.647. The van der Waals surface area contributed by atoms with Gasteiger partial charge in [0.25, 0.3) is 0 Å². The summed E-state index contributed by atoms with van der Waals surface area (Å²) in [7, 11) is 0. The second-order valence-electron chi connectivity index (χ2n) is 6.05. The molecule has 0 aliphatic carbocycles. The van der Waals surface area contributed by atoms with Gasteiger partial charge in [-0.15, -0.1) is 0 Å². The monoisotopic (exact) mass is 305 g/mol. The first-order valence-electron chi connectivity index (χ1n) is 8.11. The van der Waals surface area contributed by atoms with Crippen molar-refractivity contribution in [3.05, 3.63) is 30.1 Å². The van der Waals surface area contributed by atoms with Crippen molar-refractivity contribution in [3.63, 3.8) is 0 Å². The summed E-state index contributed by atoms with van der Waals surface area (Å²) in [5.41, 5.74) is 1.23. The number of hydrogen-bond acceptors (Lipinski definition) is 4. The molecule has 122 valence electrons. The number of carbonyl (C=O) groups is 1. The van der Waals surface area contributed by atoms with Gasteiger partial charge >= 0.3 is 0 Å². The van der Waals surface area contributed by atoms with Crippen LogP contribution in [-0.2, 0) is 9.53 Å². The lowest BCUT2D eigenvalue weighted by molar-refractivity contribution is -0.134. The molecule has 0 N–H and O–H groups in total. The molecule has 0 bridgehead atoms. The van der Waals surface area contributed by atoms with Gasteiger partial charge in [-0.3, -0.25) is 14.7 Å². The Kier molecular flexibility index (Phi) is 6.34. The molecule has 0 spiro atoms. The van der Waals surface area contributed by atoms with Gasteiger partial charge in [-0.2, -0.15) is 0 Å². The first-order chi connectivity index (χ1) is 10.6. The van der Waals surface area contributed by atoms with Crippen LogP contribution in [0.3, 0.4) is 0 Å². The van der Waals surface area contributed by atoms with Gasteiger partial charge in [0.2, 0.25) is 5.91 Å². The molecule has 0 saturated carbocycles. The molecule has 0 unspecified atom stereocenters. The highest BCUT2D eigenvalue weighted by Crippen LogP contribution is 2.20. The van der Waals surface area contributed by atoms with Gasteiger partial charge in [-0.1, -0.05) is 6.07 Å². The van der Waals surface area contributed by atoms with E-state index in [4.69, 9.17) is 4.74 Å². The number of aromatic nitrogens is 1. The summed E-state index contributed by atoms with van der Waals surface area (Å²) in [6.45, 7) is 10.1. The molecule has 1 saturated heterocycles. The van der Waals surface area contributed by atoms with E-state index in [0.717, 1.165) is 26.2 Å². The summed E-state index contributed by atoms with van der Waals surface area (Å²) in [6.07, 6.45) is 4.39. The Bertz CT molecular complexity index is 456. The van der Waals surface area contributed by atoms with Gasteiger partial charge in [0.15, 0.2) is 0 Å². The molecule has 5 nitrogen and oxygen atoms in total. The fourth-order valence-electron chi connectivity index (χ4n) is 2.73. The van der Waals surface area contributed by atoms with Gasteiger partial charge in [-0.25, -0.2) is 0 Å². The Hall–Kier alpha value is -1.46. The molecule has 5 heteroatoms. The number of ether oxygens (including phenoxy) is 1. The second-order valence-corrected chi connectivity index (χ2v) is 6.05. The van der Waals surface area contributed by atoms with E-state index in [2.05, 4.69) is 22.9 Å². The lowest BCUT2D eigenvalue weighted by Gasteiger charge is -2.38. The van der Waals surface area contributed by atoms with E-state index in [0.29, 0.717) is 19.1 Å². The van der Waals surface area contributed by atoms with Crippen LogP contribution in [0.2, 0.25) is 0 Å². The van der Waals surface area contributed by atoms with E-state index in [1.807, 2.05) is 31.0 Å². The third kappa shape index (κ3) is 4.78. The quantitative estimate of drug-likeness (QED) is 0.807. The predicted octanol–water partition coefficient (Wildman–Crippen LogP) is 2.10. The Morgan fingerprint density at radius 2 is 2.00 bits per heavy atom. The minimum Gasteiger partial charge on any atom is -0.378 e. The van der Waals surface area contributed by atoms with Gasteiger partial charge in [0, 0.05) is 44.6 Å². The second kappa shape index (κ2) is 8.25. The summed E-state index contributed by atoms with van der Waals surface area (Å²) < 4.78 is 5.46. The Morgan fingerprint density at radius 3 is 2.59 bits per heavy atom. The van der Waals surface area contributed by atoms with Crippen LogP contribution in [0.15, 0.2) is 24.5 Å². The minimum atomic E-state index is 0.185. The standard InChI is InChI=1S/C17H27N3O2/c1-14(2)22-12-6-17(21)20-10-8-19(9-11-20)15(3)16-5-4-7-18-13-16/h4-5,7,13-15H,6,8-12H2,1-3H3/t15-/m0/s1. The molecule has 0 aromatic carbocycles. The number of pyridine rings is 1. The molecule has 1 aliphatic heterocycles. The van der Waals surface area contributed by atoms with Crippen LogP contribution >= 0.6 is 0 Å². The molecule has 1 aromatic rings. The van der Waals surface area contributed by atoms with Gasteiger partial charge in [0.05, 0.1) is 19.1 Å². The van der Waals surface area contributed by atoms with Crippen molar-refractivity contribution in [3.8, 4) is 0 Å². The maximum absolute atomic E-state index is 12.1. The third-order valence-corrected chi connectivity index (χ3v) is 4.15. The van der Waals surface area contributed by atoms with E-state index < -0.39 is 0 Å². The number of rotatable bonds is 6. The maximum atomic E-state index is 12.1. The van der Waals surface area contributed by atoms with E-state index in [1.54, 1.807) is 6.20 Å². The molecular weight excluding hydrogens is 278 g/mol. The maximum Gasteiger partial charge on any atom is 0.224 e. The van der Waals surface area contributed by atoms with Crippen molar-refractivity contribution in [2.24, 2.45) is 0 Å². The summed E-state index contributed by atoms with van der Waals surface area (Å²) in [6, 6.07) is 4.42. The van der Waals surface area contributed by atoms with Crippen molar-refractivity contribution in [1.29, 1.82) is 0 Å². The SMILES string of the molecule is CC(C)OCCC(=O)N1CCN([C@@H](C)c2cccnc2)CC1. The smallest absolute Gasteiger partial charge is 0.224 e. The van der Waals surface area contributed by atoms with Crippen molar-refractivity contribution in [2.45, 2.75) is 39.3 Å². The Morgan fingerprint density at radius 1 is 1.27 bits per heavy atom. The van der Waals surface area contributed by atoms with E-state index in [9.17, 15) is 4.79 Å². The zero-order chi connectivity index (χ0) is 15.9. The molecule has 1 atom stereocenters. The minimum absolute atomic E-state index is 0.185. The van der Waals surface area contributed by atoms with Crippen molar-refractivity contribution < 1.29 is 9.53 Å². The average molecular weight is 305 g/mol. The lowest BCUT2D eigenvalue weighted by Crippen LogP contribution is -2.49. The summed E-state index contributed by atoms with van der Waals surface area (Å²) in [5.74, 6) is 0.203. The summed E-state index contributed by atoms with van der Waals surface area (Å²) >= 11 is 0. The molecule has 2 heterocycles. The fourth-order valence-corrected chi connectivity index (χ4v) is 2.73. The summed E-state index contributed by atoms with van der Waals surface area (Å²) in [5, 5.41) is 0. The lowest BCUT2D eigenvalue weighted by atomic mass is 10.1. The molecule has 1 fully saturated rings. The highest BCUT2D eigenvalue weighted by atomic mass is 16.5. The molecule has 0 radical (unpaired) electrons. The number of piperazine rings is 1. The first kappa shape index (κ1) is 16.9. The molecule has 1 aliphatic rings. The Balaban J connectivity index is 1.77. The number of hydrogen-bond donors (Lipinski definition) is 0. The van der Waals surface area contributed by atoms with Crippen LogP contribution in [0, 0.1) is 0 Å². The van der Waals surface area contributed by atoms with E-state index in [1.165, 1.54) is 5.56 Å². The van der Waals surface area contributed by atoms with Crippen LogP contribution in [0.25, 0.3) is 0 Å². The average Bonchev–Trinajstić information content (AvgIpc) is 2.54. The van der Waals surface area contributed by atoms with Crippen LogP contribution in [0.1, 0.15) is 38.8 Å². The van der Waals surface area contributed by atoms with Crippen LogP contribution in [0.5, 0.6) is 0 Å². The molecule has 1 aromatic heterocycles. The zero-order valence-electron chi connectivity index (χ0n) is 13.9. The molecule has 22 heavy (non-hydrogen) atoms. The van der Waals surface area contributed by atoms with Crippen molar-refractivity contribution in [2.75, 3.05) is 32.8 Å². The van der Waals surface area contributed by atoms with Crippen molar-refractivity contribution in [1.82, 2.24) is 14.8 Å². The van der Waals surface area contributed by atoms with Gasteiger partial charge in [-0.05, 0) is 32.4 Å². The predicted molar refractivity (Wildman–Crippen MR) is 86.5 cm³/mol. The van der Waals surface area contributed by atoms with Crippen LogP contribution in [0.4, 0.5) is 0 Å². The topological polar surface area (TPSA) is 45.7 Å². The molecular formula is C17H27N3O2. The number of nitrogens with zero attached hydrogens (tertiary/aromatic N) is 3. The van der Waals surface area contributed by atoms with Crippen LogP contribution < -0.4 is 0 Å². The number of amides is 1. The van der Waals surface area contributed by atoms with E-state index in [-0.39, 0.29) is 12.0 Å². The van der Waals surface area contributed by atoms with Gasteiger partial charge < -0.3 is 9.64 Å². The zero-order valence-corrected chi connectivity index (χ0v) is 13.9. The highest BCUT2D eigenvalue weighted by molar-refractivity contribution is 5.76. The number of carbonyl (C=O) groups excluding carboxylic acids is 1. The molecule has 1 amide bonds. The third-order valence-electron chi connectivity index (χ3n) is 4.15.